The molecular formula is C18H19N7S. The molecule has 0 fully saturated rings. The average Bonchev–Trinajstić information content (AvgIpc) is 3.18. The highest BCUT2D eigenvalue weighted by Gasteiger charge is 2.13. The van der Waals surface area contributed by atoms with E-state index >= 15 is 0 Å². The predicted molar refractivity (Wildman–Crippen MR) is 103 cm³/mol. The molecule has 0 aliphatic heterocycles. The molecule has 0 aliphatic carbocycles. The summed E-state index contributed by atoms with van der Waals surface area (Å²) in [5.74, 6) is 1.45. The zero-order chi connectivity index (χ0) is 18.1. The summed E-state index contributed by atoms with van der Waals surface area (Å²) in [6, 6.07) is 3.81. The molecule has 0 aliphatic rings. The lowest BCUT2D eigenvalue weighted by atomic mass is 10.2. The monoisotopic (exact) mass is 365 g/mol. The van der Waals surface area contributed by atoms with Gasteiger partial charge in [-0.05, 0) is 26.0 Å². The number of fused-ring (bicyclic) bond motifs is 1. The molecule has 7 nitrogen and oxygen atoms in total. The number of aromatic nitrogens is 6. The molecule has 0 bridgehead atoms. The van der Waals surface area contributed by atoms with Crippen molar-refractivity contribution in [1.29, 1.82) is 0 Å². The fourth-order valence-electron chi connectivity index (χ4n) is 2.72. The standard InChI is InChI=1S/C18H19N7S/c1-11-12(2)26-15(22-11)6-9-20-17-14-10-21-25(3)18(14)24-16(23-17)13-4-7-19-8-5-13/h4-5,7-8,10H,6,9H2,1-3H3,(H,20,23,24). The Hall–Kier alpha value is -2.87. The van der Waals surface area contributed by atoms with E-state index in [9.17, 15) is 0 Å². The van der Waals surface area contributed by atoms with Crippen molar-refractivity contribution in [2.45, 2.75) is 20.3 Å². The van der Waals surface area contributed by atoms with E-state index in [1.165, 1.54) is 4.88 Å². The van der Waals surface area contributed by atoms with Crippen LogP contribution in [0.1, 0.15) is 15.6 Å². The Balaban J connectivity index is 1.63. The molecular weight excluding hydrogens is 346 g/mol. The van der Waals surface area contributed by atoms with Crippen LogP contribution in [0.2, 0.25) is 0 Å². The Kier molecular flexibility index (Phi) is 4.34. The molecule has 0 aromatic carbocycles. The van der Waals surface area contributed by atoms with Crippen molar-refractivity contribution in [3.8, 4) is 11.4 Å². The van der Waals surface area contributed by atoms with E-state index in [4.69, 9.17) is 4.98 Å². The molecule has 4 aromatic rings. The maximum Gasteiger partial charge on any atom is 0.164 e. The third-order valence-corrected chi connectivity index (χ3v) is 5.37. The van der Waals surface area contributed by atoms with E-state index in [-0.39, 0.29) is 0 Å². The van der Waals surface area contributed by atoms with Crippen molar-refractivity contribution in [2.24, 2.45) is 7.05 Å². The van der Waals surface area contributed by atoms with Gasteiger partial charge in [-0.3, -0.25) is 9.67 Å². The van der Waals surface area contributed by atoms with Gasteiger partial charge in [0.2, 0.25) is 0 Å². The second-order valence-corrected chi connectivity index (χ2v) is 7.35. The zero-order valence-corrected chi connectivity index (χ0v) is 15.7. The number of pyridine rings is 1. The summed E-state index contributed by atoms with van der Waals surface area (Å²) in [7, 11) is 1.89. The van der Waals surface area contributed by atoms with Crippen LogP contribution in [0.3, 0.4) is 0 Å². The number of thiazole rings is 1. The minimum atomic E-state index is 0.659. The topological polar surface area (TPSA) is 81.4 Å². The largest absolute Gasteiger partial charge is 0.369 e. The van der Waals surface area contributed by atoms with Crippen molar-refractivity contribution in [3.05, 3.63) is 46.3 Å². The van der Waals surface area contributed by atoms with Crippen molar-refractivity contribution in [1.82, 2.24) is 29.7 Å². The molecule has 4 rings (SSSR count). The molecule has 26 heavy (non-hydrogen) atoms. The van der Waals surface area contributed by atoms with E-state index < -0.39 is 0 Å². The molecule has 4 aromatic heterocycles. The third-order valence-electron chi connectivity index (χ3n) is 4.23. The van der Waals surface area contributed by atoms with E-state index in [2.05, 4.69) is 32.3 Å². The van der Waals surface area contributed by atoms with Crippen LogP contribution in [-0.4, -0.2) is 36.3 Å². The predicted octanol–water partition coefficient (Wildman–Crippen LogP) is 3.15. The molecule has 0 amide bonds. The van der Waals surface area contributed by atoms with Crippen LogP contribution in [0.4, 0.5) is 5.82 Å². The second-order valence-electron chi connectivity index (χ2n) is 6.06. The van der Waals surface area contributed by atoms with Gasteiger partial charge >= 0.3 is 0 Å². The van der Waals surface area contributed by atoms with Crippen LogP contribution in [0, 0.1) is 13.8 Å². The van der Waals surface area contributed by atoms with Crippen LogP contribution < -0.4 is 5.32 Å². The minimum Gasteiger partial charge on any atom is -0.369 e. The lowest BCUT2D eigenvalue weighted by Gasteiger charge is -2.08. The Labute approximate surface area is 155 Å². The summed E-state index contributed by atoms with van der Waals surface area (Å²) in [5.41, 5.74) is 2.84. The summed E-state index contributed by atoms with van der Waals surface area (Å²) in [4.78, 5) is 19.3. The van der Waals surface area contributed by atoms with E-state index in [1.54, 1.807) is 34.6 Å². The number of nitrogens with one attached hydrogen (secondary N) is 1. The summed E-state index contributed by atoms with van der Waals surface area (Å²) in [6.07, 6.45) is 6.14. The van der Waals surface area contributed by atoms with Crippen LogP contribution in [0.5, 0.6) is 0 Å². The van der Waals surface area contributed by atoms with E-state index in [1.807, 2.05) is 26.1 Å². The number of nitrogens with zero attached hydrogens (tertiary/aromatic N) is 6. The van der Waals surface area contributed by atoms with Crippen molar-refractivity contribution in [2.75, 3.05) is 11.9 Å². The van der Waals surface area contributed by atoms with Crippen molar-refractivity contribution in [3.63, 3.8) is 0 Å². The van der Waals surface area contributed by atoms with Gasteiger partial charge in [-0.2, -0.15) is 5.10 Å². The molecule has 0 radical (unpaired) electrons. The summed E-state index contributed by atoms with van der Waals surface area (Å²) < 4.78 is 1.76. The van der Waals surface area contributed by atoms with Gasteiger partial charge in [0.15, 0.2) is 11.5 Å². The first kappa shape index (κ1) is 16.6. The first-order valence-corrected chi connectivity index (χ1v) is 9.20. The Morgan fingerprint density at radius 1 is 1.12 bits per heavy atom. The number of aryl methyl sites for hydroxylation is 3. The normalized spacial score (nSPS) is 11.2. The first-order valence-electron chi connectivity index (χ1n) is 8.39. The SMILES string of the molecule is Cc1nc(CCNc2nc(-c3ccncc3)nc3c2cnn3C)sc1C. The first-order chi connectivity index (χ1) is 12.6. The van der Waals surface area contributed by atoms with Crippen LogP contribution in [-0.2, 0) is 13.5 Å². The lowest BCUT2D eigenvalue weighted by Crippen LogP contribution is -2.08. The Morgan fingerprint density at radius 2 is 1.92 bits per heavy atom. The van der Waals surface area contributed by atoms with Gasteiger partial charge in [-0.25, -0.2) is 15.0 Å². The molecule has 0 atom stereocenters. The average molecular weight is 365 g/mol. The fraction of sp³-hybridized carbons (Fsp3) is 0.278. The smallest absolute Gasteiger partial charge is 0.164 e. The molecule has 4 heterocycles. The zero-order valence-electron chi connectivity index (χ0n) is 14.9. The van der Waals surface area contributed by atoms with Gasteiger partial charge in [0.1, 0.15) is 5.82 Å². The van der Waals surface area contributed by atoms with Crippen molar-refractivity contribution >= 4 is 28.2 Å². The Bertz CT molecular complexity index is 1030. The quantitative estimate of drug-likeness (QED) is 0.585. The summed E-state index contributed by atoms with van der Waals surface area (Å²) in [6.45, 7) is 4.91. The van der Waals surface area contributed by atoms with Gasteiger partial charge in [-0.15, -0.1) is 11.3 Å². The van der Waals surface area contributed by atoms with Gasteiger partial charge in [0, 0.05) is 42.8 Å². The third kappa shape index (κ3) is 3.15. The highest BCUT2D eigenvalue weighted by Crippen LogP contribution is 2.24. The highest BCUT2D eigenvalue weighted by molar-refractivity contribution is 7.11. The number of anilines is 1. The van der Waals surface area contributed by atoms with E-state index in [0.717, 1.165) is 46.1 Å². The lowest BCUT2D eigenvalue weighted by molar-refractivity contribution is 0.786. The van der Waals surface area contributed by atoms with Gasteiger partial charge in [-0.1, -0.05) is 0 Å². The van der Waals surface area contributed by atoms with Crippen LogP contribution in [0.25, 0.3) is 22.4 Å². The molecule has 0 saturated heterocycles. The fourth-order valence-corrected chi connectivity index (χ4v) is 3.65. The van der Waals surface area contributed by atoms with Crippen LogP contribution in [0.15, 0.2) is 30.7 Å². The minimum absolute atomic E-state index is 0.659. The second kappa shape index (κ2) is 6.80. The summed E-state index contributed by atoms with van der Waals surface area (Å²) >= 11 is 1.75. The number of hydrogen-bond donors (Lipinski definition) is 1. The van der Waals surface area contributed by atoms with Gasteiger partial charge in [0.05, 0.1) is 22.3 Å². The van der Waals surface area contributed by atoms with Crippen molar-refractivity contribution < 1.29 is 0 Å². The molecule has 0 saturated carbocycles. The maximum atomic E-state index is 4.72. The number of rotatable bonds is 5. The number of hydrogen-bond acceptors (Lipinski definition) is 7. The van der Waals surface area contributed by atoms with Gasteiger partial charge in [0.25, 0.3) is 0 Å². The molecule has 0 spiro atoms. The van der Waals surface area contributed by atoms with E-state index in [0.29, 0.717) is 5.82 Å². The molecule has 1 N–H and O–H groups in total. The van der Waals surface area contributed by atoms with Gasteiger partial charge < -0.3 is 5.32 Å². The highest BCUT2D eigenvalue weighted by atomic mass is 32.1. The molecule has 0 unspecified atom stereocenters. The maximum absolute atomic E-state index is 4.72. The summed E-state index contributed by atoms with van der Waals surface area (Å²) in [5, 5.41) is 9.81. The Morgan fingerprint density at radius 3 is 2.65 bits per heavy atom. The molecule has 132 valence electrons. The van der Waals surface area contributed by atoms with Crippen LogP contribution >= 0.6 is 11.3 Å². The molecule has 8 heteroatoms.